The van der Waals surface area contributed by atoms with Gasteiger partial charge < -0.3 is 14.8 Å². The van der Waals surface area contributed by atoms with Gasteiger partial charge in [0, 0.05) is 25.3 Å². The van der Waals surface area contributed by atoms with Crippen LogP contribution in [-0.4, -0.2) is 26.2 Å². The first-order valence-electron chi connectivity index (χ1n) is 6.24. The third-order valence-corrected chi connectivity index (χ3v) is 2.35. The number of methoxy groups -OCH3 is 1. The maximum Gasteiger partial charge on any atom is 0.224 e. The average molecular weight is 269 g/mol. The summed E-state index contributed by atoms with van der Waals surface area (Å²) in [5.74, 6) is -0.207. The fourth-order valence-corrected chi connectivity index (χ4v) is 1.51. The number of hydrogen-bond acceptors (Lipinski definition) is 3. The SMILES string of the molecule is COCCOc1ccc(NC(=O)CC(C)C)cc1F. The van der Waals surface area contributed by atoms with E-state index in [-0.39, 0.29) is 24.2 Å². The van der Waals surface area contributed by atoms with E-state index in [9.17, 15) is 9.18 Å². The van der Waals surface area contributed by atoms with Gasteiger partial charge in [-0.15, -0.1) is 0 Å². The molecule has 4 nitrogen and oxygen atoms in total. The molecule has 19 heavy (non-hydrogen) atoms. The second kappa shape index (κ2) is 7.74. The van der Waals surface area contributed by atoms with E-state index in [2.05, 4.69) is 5.32 Å². The first kappa shape index (κ1) is 15.4. The molecule has 0 atom stereocenters. The van der Waals surface area contributed by atoms with Gasteiger partial charge in [0.15, 0.2) is 11.6 Å². The number of carbonyl (C=O) groups excluding carboxylic acids is 1. The fourth-order valence-electron chi connectivity index (χ4n) is 1.51. The minimum Gasteiger partial charge on any atom is -0.488 e. The molecule has 1 aromatic rings. The summed E-state index contributed by atoms with van der Waals surface area (Å²) >= 11 is 0. The molecule has 0 heterocycles. The summed E-state index contributed by atoms with van der Waals surface area (Å²) in [6.45, 7) is 4.58. The number of benzene rings is 1. The van der Waals surface area contributed by atoms with Crippen LogP contribution in [0.5, 0.6) is 5.75 Å². The lowest BCUT2D eigenvalue weighted by atomic mass is 10.1. The number of nitrogens with one attached hydrogen (secondary N) is 1. The van der Waals surface area contributed by atoms with Crippen molar-refractivity contribution in [2.45, 2.75) is 20.3 Å². The summed E-state index contributed by atoms with van der Waals surface area (Å²) in [7, 11) is 1.55. The van der Waals surface area contributed by atoms with Crippen LogP contribution in [-0.2, 0) is 9.53 Å². The molecule has 0 saturated heterocycles. The summed E-state index contributed by atoms with van der Waals surface area (Å²) in [5.41, 5.74) is 0.433. The topological polar surface area (TPSA) is 47.6 Å². The highest BCUT2D eigenvalue weighted by molar-refractivity contribution is 5.90. The molecule has 1 amide bonds. The van der Waals surface area contributed by atoms with Gasteiger partial charge in [-0.2, -0.15) is 0 Å². The largest absolute Gasteiger partial charge is 0.488 e. The first-order chi connectivity index (χ1) is 9.02. The van der Waals surface area contributed by atoms with E-state index in [4.69, 9.17) is 9.47 Å². The van der Waals surface area contributed by atoms with Gasteiger partial charge in [-0.3, -0.25) is 4.79 Å². The summed E-state index contributed by atoms with van der Waals surface area (Å²) in [4.78, 5) is 11.5. The van der Waals surface area contributed by atoms with Gasteiger partial charge in [0.25, 0.3) is 0 Å². The molecular formula is C14H20FNO3. The number of rotatable bonds is 7. The molecule has 0 aromatic heterocycles. The second-order valence-electron chi connectivity index (χ2n) is 4.63. The highest BCUT2D eigenvalue weighted by Crippen LogP contribution is 2.21. The second-order valence-corrected chi connectivity index (χ2v) is 4.63. The van der Waals surface area contributed by atoms with Crippen LogP contribution in [0.3, 0.4) is 0 Å². The van der Waals surface area contributed by atoms with Crippen LogP contribution < -0.4 is 10.1 Å². The maximum absolute atomic E-state index is 13.7. The fraction of sp³-hybridized carbons (Fsp3) is 0.500. The molecule has 0 unspecified atom stereocenters. The standard InChI is InChI=1S/C14H20FNO3/c1-10(2)8-14(17)16-11-4-5-13(12(15)9-11)19-7-6-18-3/h4-5,9-10H,6-8H2,1-3H3,(H,16,17). The van der Waals surface area contributed by atoms with E-state index in [1.54, 1.807) is 13.2 Å². The molecular weight excluding hydrogens is 249 g/mol. The zero-order valence-corrected chi connectivity index (χ0v) is 11.5. The van der Waals surface area contributed by atoms with Gasteiger partial charge in [-0.1, -0.05) is 13.8 Å². The first-order valence-corrected chi connectivity index (χ1v) is 6.24. The molecule has 0 aliphatic heterocycles. The lowest BCUT2D eigenvalue weighted by Crippen LogP contribution is -2.14. The van der Waals surface area contributed by atoms with Crippen LogP contribution in [0.15, 0.2) is 18.2 Å². The Balaban J connectivity index is 2.58. The van der Waals surface area contributed by atoms with Crippen LogP contribution in [0.4, 0.5) is 10.1 Å². The molecule has 5 heteroatoms. The Morgan fingerprint density at radius 1 is 1.37 bits per heavy atom. The minimum absolute atomic E-state index is 0.123. The molecule has 106 valence electrons. The quantitative estimate of drug-likeness (QED) is 0.774. The number of anilines is 1. The number of hydrogen-bond donors (Lipinski definition) is 1. The van der Waals surface area contributed by atoms with Crippen molar-refractivity contribution >= 4 is 11.6 Å². The third kappa shape index (κ3) is 5.70. The molecule has 0 fully saturated rings. The Labute approximate surface area is 112 Å². The Bertz CT molecular complexity index is 421. The minimum atomic E-state index is -0.501. The van der Waals surface area contributed by atoms with Crippen LogP contribution >= 0.6 is 0 Å². The van der Waals surface area contributed by atoms with Crippen molar-refractivity contribution in [1.82, 2.24) is 0 Å². The third-order valence-electron chi connectivity index (χ3n) is 2.35. The Morgan fingerprint density at radius 3 is 2.68 bits per heavy atom. The van der Waals surface area contributed by atoms with Gasteiger partial charge in [-0.25, -0.2) is 4.39 Å². The average Bonchev–Trinajstić information content (AvgIpc) is 2.31. The maximum atomic E-state index is 13.7. The molecule has 0 spiro atoms. The normalized spacial score (nSPS) is 10.6. The highest BCUT2D eigenvalue weighted by Gasteiger charge is 2.08. The number of amides is 1. The van der Waals surface area contributed by atoms with Crippen molar-refractivity contribution in [2.24, 2.45) is 5.92 Å². The Hall–Kier alpha value is -1.62. The van der Waals surface area contributed by atoms with Gasteiger partial charge in [0.2, 0.25) is 5.91 Å². The Kier molecular flexibility index (Phi) is 6.29. The van der Waals surface area contributed by atoms with Crippen molar-refractivity contribution in [3.05, 3.63) is 24.0 Å². The van der Waals surface area contributed by atoms with E-state index in [0.717, 1.165) is 0 Å². The van der Waals surface area contributed by atoms with Gasteiger partial charge >= 0.3 is 0 Å². The van der Waals surface area contributed by atoms with Crippen molar-refractivity contribution in [2.75, 3.05) is 25.6 Å². The van der Waals surface area contributed by atoms with E-state index in [1.165, 1.54) is 12.1 Å². The number of ether oxygens (including phenoxy) is 2. The van der Waals surface area contributed by atoms with Crippen LogP contribution in [0.2, 0.25) is 0 Å². The van der Waals surface area contributed by atoms with E-state index in [0.29, 0.717) is 18.7 Å². The van der Waals surface area contributed by atoms with Gasteiger partial charge in [0.05, 0.1) is 6.61 Å². The molecule has 0 saturated carbocycles. The van der Waals surface area contributed by atoms with Crippen molar-refractivity contribution in [3.63, 3.8) is 0 Å². The lowest BCUT2D eigenvalue weighted by molar-refractivity contribution is -0.116. The monoisotopic (exact) mass is 269 g/mol. The van der Waals surface area contributed by atoms with Crippen LogP contribution in [0.25, 0.3) is 0 Å². The molecule has 0 bridgehead atoms. The summed E-state index contributed by atoms with van der Waals surface area (Å²) in [5, 5.41) is 2.65. The van der Waals surface area contributed by atoms with Crippen molar-refractivity contribution < 1.29 is 18.7 Å². The summed E-state index contributed by atoms with van der Waals surface area (Å²) < 4.78 is 23.7. The highest BCUT2D eigenvalue weighted by atomic mass is 19.1. The zero-order chi connectivity index (χ0) is 14.3. The van der Waals surface area contributed by atoms with Crippen molar-refractivity contribution in [1.29, 1.82) is 0 Å². The molecule has 0 radical (unpaired) electrons. The smallest absolute Gasteiger partial charge is 0.224 e. The lowest BCUT2D eigenvalue weighted by Gasteiger charge is -2.10. The molecule has 0 aliphatic rings. The number of carbonyl (C=O) groups is 1. The molecule has 1 N–H and O–H groups in total. The zero-order valence-electron chi connectivity index (χ0n) is 11.5. The summed E-state index contributed by atoms with van der Waals surface area (Å²) in [6, 6.07) is 4.36. The number of halogens is 1. The Morgan fingerprint density at radius 2 is 2.11 bits per heavy atom. The summed E-state index contributed by atoms with van der Waals surface area (Å²) in [6.07, 6.45) is 0.410. The predicted molar refractivity (Wildman–Crippen MR) is 71.9 cm³/mol. The van der Waals surface area contributed by atoms with Gasteiger partial charge in [-0.05, 0) is 18.1 Å². The molecule has 1 rings (SSSR count). The molecule has 0 aliphatic carbocycles. The van der Waals surface area contributed by atoms with E-state index < -0.39 is 5.82 Å². The predicted octanol–water partition coefficient (Wildman–Crippen LogP) is 2.84. The van der Waals surface area contributed by atoms with E-state index >= 15 is 0 Å². The molecule has 1 aromatic carbocycles. The van der Waals surface area contributed by atoms with Crippen LogP contribution in [0, 0.1) is 11.7 Å². The van der Waals surface area contributed by atoms with Crippen molar-refractivity contribution in [3.8, 4) is 5.75 Å². The van der Waals surface area contributed by atoms with Crippen LogP contribution in [0.1, 0.15) is 20.3 Å². The van der Waals surface area contributed by atoms with Gasteiger partial charge in [0.1, 0.15) is 6.61 Å². The van der Waals surface area contributed by atoms with E-state index in [1.807, 2.05) is 13.8 Å².